The summed E-state index contributed by atoms with van der Waals surface area (Å²) in [5, 5.41) is -4.52. The average molecular weight is 606 g/mol. The van der Waals surface area contributed by atoms with E-state index in [1.165, 1.54) is 19.1 Å². The summed E-state index contributed by atoms with van der Waals surface area (Å²) in [7, 11) is -6.49. The smallest absolute Gasteiger partial charge is 0.419 e. The predicted molar refractivity (Wildman–Crippen MR) is 137 cm³/mol. The second-order valence-corrected chi connectivity index (χ2v) is 13.0. The zero-order valence-electron chi connectivity index (χ0n) is 21.5. The number of hydrogen-bond donors (Lipinski definition) is 1. The Labute approximate surface area is 231 Å². The standard InChI is InChI=1S/C27H25F5O6S2/c1-18(26(28,29)40(33,34)35)37-20-12-14-22(15-13-20)39(21-9-5-4-6-10-21)23-11-7-8-19(16-23)25(3)36-17-24(2,38-25)27(30,31)32/h4-16,18H,17H2,1-3H3/p+1. The van der Waals surface area contributed by atoms with Gasteiger partial charge in [-0.1, -0.05) is 30.3 Å². The number of halogens is 5. The van der Waals surface area contributed by atoms with E-state index in [-0.39, 0.29) is 5.75 Å². The van der Waals surface area contributed by atoms with Crippen molar-refractivity contribution in [1.29, 1.82) is 0 Å². The molecule has 1 aliphatic heterocycles. The lowest BCUT2D eigenvalue weighted by molar-refractivity contribution is -0.283. The van der Waals surface area contributed by atoms with Crippen molar-refractivity contribution < 1.29 is 49.1 Å². The lowest BCUT2D eigenvalue weighted by atomic mass is 10.1. The number of ether oxygens (including phenoxy) is 3. The summed E-state index contributed by atoms with van der Waals surface area (Å²) in [5.74, 6) is -1.71. The zero-order chi connectivity index (χ0) is 29.6. The zero-order valence-corrected chi connectivity index (χ0v) is 23.1. The summed E-state index contributed by atoms with van der Waals surface area (Å²) in [4.78, 5) is 2.29. The van der Waals surface area contributed by atoms with Crippen LogP contribution < -0.4 is 4.74 Å². The van der Waals surface area contributed by atoms with Crippen molar-refractivity contribution in [3.05, 3.63) is 84.4 Å². The summed E-state index contributed by atoms with van der Waals surface area (Å²) in [6, 6.07) is 22.0. The van der Waals surface area contributed by atoms with E-state index in [9.17, 15) is 30.4 Å². The van der Waals surface area contributed by atoms with E-state index in [2.05, 4.69) is 0 Å². The molecule has 0 aromatic heterocycles. The van der Waals surface area contributed by atoms with Gasteiger partial charge in [-0.25, -0.2) is 0 Å². The topological polar surface area (TPSA) is 82.1 Å². The number of alkyl halides is 5. The first-order valence-electron chi connectivity index (χ1n) is 11.9. The molecule has 4 atom stereocenters. The fraction of sp³-hybridized carbons (Fsp3) is 0.333. The van der Waals surface area contributed by atoms with Gasteiger partial charge in [0.15, 0.2) is 32.2 Å². The first-order chi connectivity index (χ1) is 18.5. The van der Waals surface area contributed by atoms with E-state index < -0.39 is 56.5 Å². The van der Waals surface area contributed by atoms with Crippen LogP contribution in [0.5, 0.6) is 5.75 Å². The van der Waals surface area contributed by atoms with Crippen molar-refractivity contribution in [3.8, 4) is 5.75 Å². The van der Waals surface area contributed by atoms with Crippen molar-refractivity contribution in [2.75, 3.05) is 6.61 Å². The Hall–Kier alpha value is -2.71. The van der Waals surface area contributed by atoms with Crippen LogP contribution in [-0.4, -0.2) is 42.7 Å². The summed E-state index contributed by atoms with van der Waals surface area (Å²) >= 11 is 0. The molecule has 0 saturated carbocycles. The van der Waals surface area contributed by atoms with Crippen LogP contribution in [0.4, 0.5) is 22.0 Å². The third kappa shape index (κ3) is 5.84. The summed E-state index contributed by atoms with van der Waals surface area (Å²) in [6.45, 7) is 2.52. The molecule has 13 heteroatoms. The Bertz CT molecular complexity index is 1450. The molecule has 0 amide bonds. The van der Waals surface area contributed by atoms with Gasteiger partial charge in [-0.15, -0.1) is 0 Å². The van der Waals surface area contributed by atoms with Crippen LogP contribution in [0.15, 0.2) is 93.5 Å². The molecule has 1 aliphatic rings. The number of benzene rings is 3. The van der Waals surface area contributed by atoms with Gasteiger partial charge >= 0.3 is 21.5 Å². The summed E-state index contributed by atoms with van der Waals surface area (Å²) < 4.78 is 116. The van der Waals surface area contributed by atoms with Gasteiger partial charge in [0.1, 0.15) is 5.75 Å². The van der Waals surface area contributed by atoms with Gasteiger partial charge in [0.25, 0.3) is 0 Å². The van der Waals surface area contributed by atoms with Gasteiger partial charge < -0.3 is 14.2 Å². The van der Waals surface area contributed by atoms with Crippen LogP contribution in [0.1, 0.15) is 26.3 Å². The first kappa shape index (κ1) is 30.3. The third-order valence-corrected chi connectivity index (χ3v) is 9.64. The Morgan fingerprint density at radius 3 is 2.02 bits per heavy atom. The van der Waals surface area contributed by atoms with Crippen molar-refractivity contribution in [2.45, 2.75) is 64.4 Å². The maximum Gasteiger partial charge on any atom is 0.419 e. The Kier molecular flexibility index (Phi) is 8.02. The molecule has 216 valence electrons. The predicted octanol–water partition coefficient (Wildman–Crippen LogP) is 6.57. The van der Waals surface area contributed by atoms with E-state index in [1.807, 2.05) is 30.3 Å². The average Bonchev–Trinajstić information content (AvgIpc) is 3.22. The highest BCUT2D eigenvalue weighted by atomic mass is 32.2. The van der Waals surface area contributed by atoms with Gasteiger partial charge in [0, 0.05) is 11.6 Å². The molecule has 1 fully saturated rings. The van der Waals surface area contributed by atoms with E-state index in [1.54, 1.807) is 36.4 Å². The summed E-state index contributed by atoms with van der Waals surface area (Å²) in [5.41, 5.74) is -2.09. The van der Waals surface area contributed by atoms with E-state index in [4.69, 9.17) is 18.8 Å². The molecule has 1 N–H and O–H groups in total. The Balaban J connectivity index is 1.68. The molecule has 0 bridgehead atoms. The van der Waals surface area contributed by atoms with Crippen molar-refractivity contribution in [1.82, 2.24) is 0 Å². The van der Waals surface area contributed by atoms with E-state index >= 15 is 0 Å². The minimum Gasteiger partial charge on any atom is -0.483 e. The van der Waals surface area contributed by atoms with Crippen molar-refractivity contribution >= 4 is 21.0 Å². The number of hydrogen-bond acceptors (Lipinski definition) is 5. The molecular formula is C27H26F5O6S2+. The SMILES string of the molecule is CC(Oc1ccc([S+](c2ccccc2)c2cccc(C3(C)OCC(C)(C(F)(F)F)O3)c2)cc1)C(F)(F)S(=O)(=O)O. The lowest BCUT2D eigenvalue weighted by Gasteiger charge is -2.29. The molecule has 40 heavy (non-hydrogen) atoms. The molecule has 4 rings (SSSR count). The highest BCUT2D eigenvalue weighted by Crippen LogP contribution is 2.47. The third-order valence-electron chi connectivity index (χ3n) is 6.41. The fourth-order valence-corrected chi connectivity index (χ4v) is 6.63. The van der Waals surface area contributed by atoms with Gasteiger partial charge in [0.05, 0.1) is 17.5 Å². The summed E-state index contributed by atoms with van der Waals surface area (Å²) in [6.07, 6.45) is -6.81. The fourth-order valence-electron chi connectivity index (χ4n) is 4.05. The molecule has 6 nitrogen and oxygen atoms in total. The molecule has 3 aromatic carbocycles. The van der Waals surface area contributed by atoms with Crippen LogP contribution in [-0.2, 0) is 36.3 Å². The minimum absolute atomic E-state index is 0.0587. The molecule has 0 radical (unpaired) electrons. The maximum absolute atomic E-state index is 13.9. The van der Waals surface area contributed by atoms with E-state index in [0.717, 1.165) is 23.6 Å². The number of rotatable bonds is 8. The Morgan fingerprint density at radius 2 is 1.48 bits per heavy atom. The molecular weight excluding hydrogens is 579 g/mol. The van der Waals surface area contributed by atoms with Gasteiger partial charge in [-0.05, 0) is 63.2 Å². The molecule has 1 saturated heterocycles. The molecule has 1 heterocycles. The van der Waals surface area contributed by atoms with Gasteiger partial charge in [-0.2, -0.15) is 30.4 Å². The van der Waals surface area contributed by atoms with E-state index in [0.29, 0.717) is 10.5 Å². The van der Waals surface area contributed by atoms with Crippen molar-refractivity contribution in [3.63, 3.8) is 0 Å². The quantitative estimate of drug-likeness (QED) is 0.178. The normalized spacial score (nSPS) is 23.5. The van der Waals surface area contributed by atoms with Crippen LogP contribution in [0, 0.1) is 0 Å². The van der Waals surface area contributed by atoms with Crippen LogP contribution in [0.3, 0.4) is 0 Å². The van der Waals surface area contributed by atoms with Crippen LogP contribution in [0.2, 0.25) is 0 Å². The molecule has 3 aromatic rings. The van der Waals surface area contributed by atoms with Crippen LogP contribution in [0.25, 0.3) is 0 Å². The van der Waals surface area contributed by atoms with Gasteiger partial charge in [0.2, 0.25) is 0 Å². The lowest BCUT2D eigenvalue weighted by Crippen LogP contribution is -2.45. The molecule has 4 unspecified atom stereocenters. The first-order valence-corrected chi connectivity index (χ1v) is 14.6. The minimum atomic E-state index is -5.69. The largest absolute Gasteiger partial charge is 0.483 e. The highest BCUT2D eigenvalue weighted by molar-refractivity contribution is 7.97. The highest BCUT2D eigenvalue weighted by Gasteiger charge is 2.61. The second-order valence-electron chi connectivity index (χ2n) is 9.48. The van der Waals surface area contributed by atoms with Crippen molar-refractivity contribution in [2.24, 2.45) is 0 Å². The molecule has 0 aliphatic carbocycles. The monoisotopic (exact) mass is 605 g/mol. The Morgan fingerprint density at radius 1 is 0.900 bits per heavy atom. The molecule has 0 spiro atoms. The maximum atomic E-state index is 13.9. The van der Waals surface area contributed by atoms with Crippen LogP contribution >= 0.6 is 0 Å². The van der Waals surface area contributed by atoms with Gasteiger partial charge in [-0.3, -0.25) is 4.55 Å². The second kappa shape index (κ2) is 10.6.